The Labute approximate surface area is 173 Å². The van der Waals surface area contributed by atoms with Crippen molar-refractivity contribution in [2.75, 3.05) is 19.0 Å². The van der Waals surface area contributed by atoms with E-state index in [2.05, 4.69) is 5.32 Å². The third-order valence-corrected chi connectivity index (χ3v) is 5.13. The van der Waals surface area contributed by atoms with Crippen LogP contribution in [0.4, 0.5) is 19.3 Å². The molecule has 1 heterocycles. The Morgan fingerprint density at radius 2 is 1.80 bits per heavy atom. The van der Waals surface area contributed by atoms with E-state index in [4.69, 9.17) is 4.74 Å². The van der Waals surface area contributed by atoms with Gasteiger partial charge in [-0.15, -0.1) is 0 Å². The lowest BCUT2D eigenvalue weighted by Gasteiger charge is -2.34. The zero-order valence-electron chi connectivity index (χ0n) is 17.3. The number of carbonyl (C=O) groups is 2. The molecule has 160 valence electrons. The van der Waals surface area contributed by atoms with Crippen LogP contribution in [0.25, 0.3) is 0 Å². The van der Waals surface area contributed by atoms with Gasteiger partial charge in [-0.3, -0.25) is 9.69 Å². The second-order valence-electron chi connectivity index (χ2n) is 8.25. The molecule has 0 aromatic heterocycles. The highest BCUT2D eigenvalue weighted by Crippen LogP contribution is 2.34. The van der Waals surface area contributed by atoms with Gasteiger partial charge >= 0.3 is 6.09 Å². The molecule has 2 amide bonds. The molecule has 2 aromatic carbocycles. The van der Waals surface area contributed by atoms with Crippen molar-refractivity contribution in [3.05, 3.63) is 58.7 Å². The lowest BCUT2D eigenvalue weighted by molar-refractivity contribution is -0.121. The predicted octanol–water partition coefficient (Wildman–Crippen LogP) is 4.49. The molecular formula is C22H24F2N2O4. The normalized spacial score (nSPS) is 16.1. The average Bonchev–Trinajstić information content (AvgIpc) is 2.64. The largest absolute Gasteiger partial charge is 0.497 e. The van der Waals surface area contributed by atoms with Gasteiger partial charge in [0.25, 0.3) is 5.91 Å². The molecular weight excluding hydrogens is 394 g/mol. The van der Waals surface area contributed by atoms with E-state index >= 15 is 0 Å². The lowest BCUT2D eigenvalue weighted by atomic mass is 9.86. The second-order valence-corrected chi connectivity index (χ2v) is 8.25. The van der Waals surface area contributed by atoms with E-state index in [9.17, 15) is 23.5 Å². The van der Waals surface area contributed by atoms with Gasteiger partial charge in [0.05, 0.1) is 7.11 Å². The second kappa shape index (κ2) is 7.93. The third-order valence-electron chi connectivity index (χ3n) is 5.13. The number of anilines is 1. The summed E-state index contributed by atoms with van der Waals surface area (Å²) in [6.45, 7) is 5.17. The van der Waals surface area contributed by atoms with Crippen LogP contribution in [0.3, 0.4) is 0 Å². The van der Waals surface area contributed by atoms with Gasteiger partial charge in [-0.05, 0) is 47.2 Å². The van der Waals surface area contributed by atoms with Crippen molar-refractivity contribution >= 4 is 17.7 Å². The summed E-state index contributed by atoms with van der Waals surface area (Å²) in [7, 11) is 1.52. The first-order valence-electron chi connectivity index (χ1n) is 9.49. The molecule has 1 atom stereocenters. The summed E-state index contributed by atoms with van der Waals surface area (Å²) in [5, 5.41) is 12.0. The van der Waals surface area contributed by atoms with E-state index in [1.54, 1.807) is 39.0 Å². The van der Waals surface area contributed by atoms with Crippen LogP contribution >= 0.6 is 0 Å². The SMILES string of the molecule is COc1ccc2c(c1)CCN(C(=O)O)C2C(=O)Nc1cc(F)c(C(C)(C)C)c(F)c1. The molecule has 0 saturated carbocycles. The van der Waals surface area contributed by atoms with Crippen molar-refractivity contribution in [1.29, 1.82) is 0 Å². The first-order valence-corrected chi connectivity index (χ1v) is 9.49. The number of methoxy groups -OCH3 is 1. The predicted molar refractivity (Wildman–Crippen MR) is 108 cm³/mol. The summed E-state index contributed by atoms with van der Waals surface area (Å²) in [6.07, 6.45) is -0.830. The standard InChI is InChI=1S/C22H24F2N2O4/c1-22(2,3)18-16(23)10-13(11-17(18)24)25-20(27)19-15-6-5-14(30-4)9-12(15)7-8-26(19)21(28)29/h5-6,9-11,19H,7-8H2,1-4H3,(H,25,27)(H,28,29). The lowest BCUT2D eigenvalue weighted by Crippen LogP contribution is -2.44. The van der Waals surface area contributed by atoms with Crippen LogP contribution in [-0.4, -0.2) is 35.7 Å². The molecule has 30 heavy (non-hydrogen) atoms. The minimum atomic E-state index is -1.25. The van der Waals surface area contributed by atoms with E-state index < -0.39 is 35.1 Å². The first kappa shape index (κ1) is 21.5. The number of rotatable bonds is 3. The number of nitrogens with zero attached hydrogens (tertiary/aromatic N) is 1. The van der Waals surface area contributed by atoms with Crippen molar-refractivity contribution in [2.24, 2.45) is 0 Å². The molecule has 0 radical (unpaired) electrons. The molecule has 0 aliphatic carbocycles. The Morgan fingerprint density at radius 3 is 2.33 bits per heavy atom. The number of nitrogens with one attached hydrogen (secondary N) is 1. The zero-order chi connectivity index (χ0) is 22.2. The van der Waals surface area contributed by atoms with E-state index in [0.717, 1.165) is 22.6 Å². The Kier molecular flexibility index (Phi) is 5.70. The maximum absolute atomic E-state index is 14.5. The topological polar surface area (TPSA) is 78.9 Å². The van der Waals surface area contributed by atoms with Gasteiger partial charge in [0.15, 0.2) is 0 Å². The molecule has 1 aliphatic rings. The molecule has 6 nitrogen and oxygen atoms in total. The van der Waals surface area contributed by atoms with Gasteiger partial charge in [0, 0.05) is 17.8 Å². The number of fused-ring (bicyclic) bond motifs is 1. The summed E-state index contributed by atoms with van der Waals surface area (Å²) in [5.41, 5.74) is 0.386. The minimum Gasteiger partial charge on any atom is -0.497 e. The highest BCUT2D eigenvalue weighted by Gasteiger charge is 2.36. The summed E-state index contributed by atoms with van der Waals surface area (Å²) in [4.78, 5) is 25.7. The zero-order valence-corrected chi connectivity index (χ0v) is 17.3. The fraction of sp³-hybridized carbons (Fsp3) is 0.364. The molecule has 2 aromatic rings. The Hall–Kier alpha value is -3.16. The molecule has 8 heteroatoms. The number of amides is 2. The molecule has 0 bridgehead atoms. The van der Waals surface area contributed by atoms with Crippen LogP contribution in [0.1, 0.15) is 43.5 Å². The van der Waals surface area contributed by atoms with Crippen LogP contribution in [0.5, 0.6) is 5.75 Å². The minimum absolute atomic E-state index is 0.0750. The van der Waals surface area contributed by atoms with Crippen LogP contribution in [0, 0.1) is 11.6 Å². The number of carboxylic acid groups (broad SMARTS) is 1. The Bertz CT molecular complexity index is 978. The summed E-state index contributed by atoms with van der Waals surface area (Å²) >= 11 is 0. The fourth-order valence-corrected chi connectivity index (χ4v) is 3.79. The third kappa shape index (κ3) is 4.08. The smallest absolute Gasteiger partial charge is 0.408 e. The van der Waals surface area contributed by atoms with Gasteiger partial charge in [0.2, 0.25) is 0 Å². The van der Waals surface area contributed by atoms with Gasteiger partial charge in [-0.1, -0.05) is 26.8 Å². The Balaban J connectivity index is 1.96. The number of carbonyl (C=O) groups excluding carboxylic acids is 1. The quantitative estimate of drug-likeness (QED) is 0.770. The maximum Gasteiger partial charge on any atom is 0.408 e. The summed E-state index contributed by atoms with van der Waals surface area (Å²) in [6, 6.07) is 5.98. The maximum atomic E-state index is 14.5. The molecule has 1 unspecified atom stereocenters. The van der Waals surface area contributed by atoms with Gasteiger partial charge in [-0.2, -0.15) is 0 Å². The van der Waals surface area contributed by atoms with Gasteiger partial charge in [-0.25, -0.2) is 13.6 Å². The van der Waals surface area contributed by atoms with Crippen molar-refractivity contribution in [2.45, 2.75) is 38.6 Å². The molecule has 0 spiro atoms. The fourth-order valence-electron chi connectivity index (χ4n) is 3.79. The number of ether oxygens (including phenoxy) is 1. The van der Waals surface area contributed by atoms with Crippen molar-refractivity contribution < 1.29 is 28.2 Å². The summed E-state index contributed by atoms with van der Waals surface area (Å²) in [5.74, 6) is -1.65. The number of hydrogen-bond acceptors (Lipinski definition) is 3. The van der Waals surface area contributed by atoms with E-state index in [1.807, 2.05) is 0 Å². The van der Waals surface area contributed by atoms with Crippen LogP contribution in [0.2, 0.25) is 0 Å². The van der Waals surface area contributed by atoms with E-state index in [-0.39, 0.29) is 17.8 Å². The highest BCUT2D eigenvalue weighted by molar-refractivity contribution is 5.97. The monoisotopic (exact) mass is 418 g/mol. The highest BCUT2D eigenvalue weighted by atomic mass is 19.1. The molecule has 0 saturated heterocycles. The average molecular weight is 418 g/mol. The van der Waals surface area contributed by atoms with Crippen LogP contribution in [0.15, 0.2) is 30.3 Å². The van der Waals surface area contributed by atoms with Gasteiger partial charge in [0.1, 0.15) is 23.4 Å². The summed E-state index contributed by atoms with van der Waals surface area (Å²) < 4.78 is 34.2. The molecule has 0 fully saturated rings. The van der Waals surface area contributed by atoms with E-state index in [0.29, 0.717) is 17.7 Å². The molecule has 2 N–H and O–H groups in total. The van der Waals surface area contributed by atoms with Crippen LogP contribution < -0.4 is 10.1 Å². The van der Waals surface area contributed by atoms with E-state index in [1.165, 1.54) is 7.11 Å². The van der Waals surface area contributed by atoms with Gasteiger partial charge < -0.3 is 15.2 Å². The number of halogens is 2. The van der Waals surface area contributed by atoms with Crippen LogP contribution in [-0.2, 0) is 16.6 Å². The first-order chi connectivity index (χ1) is 14.0. The van der Waals surface area contributed by atoms with Crippen molar-refractivity contribution in [1.82, 2.24) is 4.90 Å². The number of benzene rings is 2. The van der Waals surface area contributed by atoms with Crippen molar-refractivity contribution in [3.63, 3.8) is 0 Å². The Morgan fingerprint density at radius 1 is 1.17 bits per heavy atom. The molecule has 1 aliphatic heterocycles. The van der Waals surface area contributed by atoms with Crippen molar-refractivity contribution in [3.8, 4) is 5.75 Å². The number of hydrogen-bond donors (Lipinski definition) is 2. The molecule has 3 rings (SSSR count).